The Morgan fingerprint density at radius 2 is 0.222 bits per heavy atom. The van der Waals surface area contributed by atoms with Crippen LogP contribution >= 0.6 is 0 Å². The molecule has 64 valence electrons. The normalized spacial score (nSPS) is 0. The Kier molecular flexibility index (Phi) is 32900. The third kappa shape index (κ3) is 354. The van der Waals surface area contributed by atoms with E-state index < -0.39 is 0 Å². The largest absolute Gasteiger partial charge is 0.412 e. The Morgan fingerprint density at radius 1 is 0.222 bits per heavy atom. The Balaban J connectivity index is 0. The van der Waals surface area contributed by atoms with Gasteiger partial charge in [0.25, 0.3) is 0 Å². The molecule has 0 fully saturated rings. The predicted octanol–water partition coefficient (Wildman–Crippen LogP) is -5.78. The van der Waals surface area contributed by atoms with Crippen LogP contribution in [0.15, 0.2) is 0 Å². The summed E-state index contributed by atoms with van der Waals surface area (Å²) in [6.07, 6.45) is 0. The zero-order valence-corrected chi connectivity index (χ0v) is 7.62. The van der Waals surface area contributed by atoms with Crippen molar-refractivity contribution in [1.82, 2.24) is 0 Å². The molecule has 0 aromatic rings. The Labute approximate surface area is 81.7 Å². The Bertz CT molecular complexity index is 6.88. The van der Waals surface area contributed by atoms with E-state index in [1.165, 1.54) is 0 Å². The van der Waals surface area contributed by atoms with Crippen molar-refractivity contribution < 1.29 is 81.8 Å². The van der Waals surface area contributed by atoms with Gasteiger partial charge in [0, 0.05) is 43.4 Å². The maximum absolute atomic E-state index is 0. The Morgan fingerprint density at radius 3 is 0.222 bits per heavy atom. The van der Waals surface area contributed by atoms with Crippen LogP contribution in [0, 0.1) is 0 Å². The molecule has 0 unspecified atom stereocenters. The summed E-state index contributed by atoms with van der Waals surface area (Å²) in [5.74, 6) is 0. The standard InChI is InChI=1S/7H2O.2Ti/h7*1H2;;. The van der Waals surface area contributed by atoms with Gasteiger partial charge < -0.3 is 38.3 Å². The zero-order chi connectivity index (χ0) is 0. The third-order valence-corrected chi connectivity index (χ3v) is 0. The summed E-state index contributed by atoms with van der Waals surface area (Å²) in [5.41, 5.74) is 0. The van der Waals surface area contributed by atoms with Gasteiger partial charge in [0.2, 0.25) is 0 Å². The third-order valence-electron chi connectivity index (χ3n) is 0. The van der Waals surface area contributed by atoms with Gasteiger partial charge in [-0.2, -0.15) is 0 Å². The van der Waals surface area contributed by atoms with E-state index in [0.29, 0.717) is 0 Å². The smallest absolute Gasteiger partial charge is 0 e. The first-order valence-electron chi connectivity index (χ1n) is 0. The fraction of sp³-hybridized carbons (Fsp3) is 0. The monoisotopic (exact) mass is 222 g/mol. The molecule has 0 rings (SSSR count). The molecule has 0 radical (unpaired) electrons. The van der Waals surface area contributed by atoms with Crippen LogP contribution in [0.4, 0.5) is 0 Å². The second kappa shape index (κ2) is 460. The van der Waals surface area contributed by atoms with Gasteiger partial charge in [-0.1, -0.05) is 0 Å². The van der Waals surface area contributed by atoms with E-state index in [-0.39, 0.29) is 81.8 Å². The molecule has 0 saturated carbocycles. The van der Waals surface area contributed by atoms with Gasteiger partial charge in [-0.25, -0.2) is 0 Å². The molecule has 0 aliphatic carbocycles. The molecule has 7 nitrogen and oxygen atoms in total. The van der Waals surface area contributed by atoms with E-state index in [1.54, 1.807) is 0 Å². The summed E-state index contributed by atoms with van der Waals surface area (Å²) in [4.78, 5) is 0. The maximum atomic E-state index is 0. The van der Waals surface area contributed by atoms with Crippen molar-refractivity contribution in [3.63, 3.8) is 0 Å². The average Bonchev–Trinajstić information content (AvgIpc) is 0. The van der Waals surface area contributed by atoms with Gasteiger partial charge in [-0.15, -0.1) is 0 Å². The molecule has 0 atom stereocenters. The predicted molar refractivity (Wildman–Crippen MR) is 25.3 cm³/mol. The summed E-state index contributed by atoms with van der Waals surface area (Å²) < 4.78 is 0. The molecule has 9 heteroatoms. The SMILES string of the molecule is O.O.O.O.O.O.O.[Ti].[Ti]. The van der Waals surface area contributed by atoms with E-state index in [4.69, 9.17) is 0 Å². The second-order valence-electron chi connectivity index (χ2n) is 0. The first kappa shape index (κ1) is 644. The minimum absolute atomic E-state index is 0. The summed E-state index contributed by atoms with van der Waals surface area (Å²) in [6, 6.07) is 0. The summed E-state index contributed by atoms with van der Waals surface area (Å²) in [6.45, 7) is 0. The molecule has 0 aliphatic rings. The van der Waals surface area contributed by atoms with Crippen LogP contribution < -0.4 is 0 Å². The average molecular weight is 222 g/mol. The van der Waals surface area contributed by atoms with Crippen LogP contribution in [-0.4, -0.2) is 38.3 Å². The summed E-state index contributed by atoms with van der Waals surface area (Å²) in [7, 11) is 0. The molecule has 0 saturated heterocycles. The van der Waals surface area contributed by atoms with Gasteiger partial charge in [0.05, 0.1) is 0 Å². The Hall–Kier alpha value is 1.15. The van der Waals surface area contributed by atoms with Crippen molar-refractivity contribution in [3.8, 4) is 0 Å². The first-order chi connectivity index (χ1) is 0. The van der Waals surface area contributed by atoms with Gasteiger partial charge in [0.15, 0.2) is 0 Å². The maximum Gasteiger partial charge on any atom is 0 e. The minimum Gasteiger partial charge on any atom is -0.412 e. The van der Waals surface area contributed by atoms with Crippen LogP contribution in [0.2, 0.25) is 0 Å². The van der Waals surface area contributed by atoms with Crippen molar-refractivity contribution in [1.29, 1.82) is 0 Å². The zero-order valence-electron chi connectivity index (χ0n) is 4.50. The van der Waals surface area contributed by atoms with Crippen LogP contribution in [0.25, 0.3) is 0 Å². The van der Waals surface area contributed by atoms with Gasteiger partial charge in [-0.05, 0) is 0 Å². The molecular formula is H14O7Ti2. The quantitative estimate of drug-likeness (QED) is 0.349. The van der Waals surface area contributed by atoms with E-state index >= 15 is 0 Å². The van der Waals surface area contributed by atoms with Crippen LogP contribution in [-0.2, 0) is 43.4 Å². The minimum atomic E-state index is 0. The van der Waals surface area contributed by atoms with Crippen LogP contribution in [0.3, 0.4) is 0 Å². The van der Waals surface area contributed by atoms with Crippen molar-refractivity contribution in [3.05, 3.63) is 0 Å². The van der Waals surface area contributed by atoms with E-state index in [1.807, 2.05) is 0 Å². The molecule has 14 N–H and O–H groups in total. The van der Waals surface area contributed by atoms with Gasteiger partial charge in [-0.3, -0.25) is 0 Å². The van der Waals surface area contributed by atoms with E-state index in [2.05, 4.69) is 0 Å². The van der Waals surface area contributed by atoms with Gasteiger partial charge >= 0.3 is 0 Å². The number of hydrogen-bond donors (Lipinski definition) is 0. The van der Waals surface area contributed by atoms with Crippen molar-refractivity contribution in [2.75, 3.05) is 0 Å². The van der Waals surface area contributed by atoms with Crippen LogP contribution in [0.5, 0.6) is 0 Å². The van der Waals surface area contributed by atoms with Gasteiger partial charge in [0.1, 0.15) is 0 Å². The van der Waals surface area contributed by atoms with Crippen molar-refractivity contribution in [2.24, 2.45) is 0 Å². The molecule has 0 amide bonds. The molecule has 0 spiro atoms. The molecule has 0 aromatic carbocycles. The molecule has 0 bridgehead atoms. The van der Waals surface area contributed by atoms with Crippen molar-refractivity contribution >= 4 is 0 Å². The first-order valence-corrected chi connectivity index (χ1v) is 0. The fourth-order valence-electron chi connectivity index (χ4n) is 0. The van der Waals surface area contributed by atoms with E-state index in [9.17, 15) is 0 Å². The summed E-state index contributed by atoms with van der Waals surface area (Å²) in [5, 5.41) is 0. The molecule has 0 heterocycles. The molecular weight excluding hydrogens is 208 g/mol. The van der Waals surface area contributed by atoms with E-state index in [0.717, 1.165) is 0 Å². The van der Waals surface area contributed by atoms with Crippen molar-refractivity contribution in [2.45, 2.75) is 0 Å². The topological polar surface area (TPSA) is 220 Å². The molecule has 0 aliphatic heterocycles. The molecule has 9 heavy (non-hydrogen) atoms. The summed E-state index contributed by atoms with van der Waals surface area (Å²) >= 11 is 0. The van der Waals surface area contributed by atoms with Crippen LogP contribution in [0.1, 0.15) is 0 Å². The fourth-order valence-corrected chi connectivity index (χ4v) is 0. The number of rotatable bonds is 0. The molecule has 0 aromatic heterocycles. The second-order valence-corrected chi connectivity index (χ2v) is 0. The number of hydrogen-bond acceptors (Lipinski definition) is 0.